The van der Waals surface area contributed by atoms with Gasteiger partial charge in [-0.1, -0.05) is 55.3 Å². The number of aryl methyl sites for hydroxylation is 1. The van der Waals surface area contributed by atoms with E-state index in [1.54, 1.807) is 36.4 Å². The predicted molar refractivity (Wildman–Crippen MR) is 189 cm³/mol. The third-order valence-corrected chi connectivity index (χ3v) is 8.73. The first-order valence-electron chi connectivity index (χ1n) is 15.7. The minimum Gasteiger partial charge on any atom is -0.481 e. The number of nitrogens with one attached hydrogen (secondary N) is 3. The number of para-hydroxylation sites is 1. The number of nitrogens with zero attached hydrogens (tertiary/aromatic N) is 1. The molecule has 0 aromatic heterocycles. The van der Waals surface area contributed by atoms with Gasteiger partial charge in [-0.25, -0.2) is 13.1 Å². The Morgan fingerprint density at radius 1 is 0.900 bits per heavy atom. The van der Waals surface area contributed by atoms with E-state index in [0.717, 1.165) is 23.3 Å². The van der Waals surface area contributed by atoms with Crippen molar-refractivity contribution in [1.29, 1.82) is 0 Å². The second kappa shape index (κ2) is 17.4. The molecule has 260 valence electrons. The maximum absolute atomic E-state index is 13.4. The molecule has 13 nitrogen and oxygen atoms in total. The van der Waals surface area contributed by atoms with Crippen LogP contribution in [0.1, 0.15) is 53.6 Å². The van der Waals surface area contributed by atoms with Crippen molar-refractivity contribution in [2.24, 2.45) is 0 Å². The number of unbranched alkanes of at least 4 members (excludes halogenated alkanes) is 3. The van der Waals surface area contributed by atoms with Crippen molar-refractivity contribution in [3.05, 3.63) is 124 Å². The molecule has 4 aromatic rings. The highest BCUT2D eigenvalue weighted by Crippen LogP contribution is 2.31. The minimum absolute atomic E-state index is 0.0573. The van der Waals surface area contributed by atoms with Gasteiger partial charge in [0.1, 0.15) is 17.2 Å². The summed E-state index contributed by atoms with van der Waals surface area (Å²) in [7, 11) is -4.59. The topological polar surface area (TPSA) is 194 Å². The Kier molecular flexibility index (Phi) is 12.8. The second-order valence-electron chi connectivity index (χ2n) is 11.2. The largest absolute Gasteiger partial charge is 0.481 e. The summed E-state index contributed by atoms with van der Waals surface area (Å²) in [6.07, 6.45) is 5.64. The fraction of sp³-hybridized carbons (Fsp3) is 0.194. The molecule has 50 heavy (non-hydrogen) atoms. The van der Waals surface area contributed by atoms with Crippen molar-refractivity contribution >= 4 is 50.9 Å². The number of amides is 2. The van der Waals surface area contributed by atoms with Crippen molar-refractivity contribution in [2.75, 3.05) is 17.2 Å². The van der Waals surface area contributed by atoms with Crippen molar-refractivity contribution in [1.82, 2.24) is 4.72 Å². The van der Waals surface area contributed by atoms with Gasteiger partial charge in [-0.2, -0.15) is 0 Å². The number of carbonyl (C=O) groups is 3. The Morgan fingerprint density at radius 3 is 2.34 bits per heavy atom. The minimum atomic E-state index is -4.59. The van der Waals surface area contributed by atoms with Gasteiger partial charge in [-0.15, -0.1) is 0 Å². The number of nitro benzene ring substituents is 1. The SMILES string of the molecule is Cc1ccccc1C=CC(=O)Nc1ccc(C(=O)NS(=O)(=O)c2ccc(NCCCCCCC(=O)O)c([N+](=O)[O-])c2)c(Oc2ccccc2)c1. The molecule has 0 heterocycles. The van der Waals surface area contributed by atoms with Crippen LogP contribution in [0.3, 0.4) is 0 Å². The highest BCUT2D eigenvalue weighted by molar-refractivity contribution is 7.90. The van der Waals surface area contributed by atoms with Gasteiger partial charge in [-0.3, -0.25) is 24.5 Å². The molecule has 0 saturated carbocycles. The molecule has 0 atom stereocenters. The fourth-order valence-electron chi connectivity index (χ4n) is 4.80. The Balaban J connectivity index is 1.50. The number of nitro groups is 1. The lowest BCUT2D eigenvalue weighted by atomic mass is 10.1. The van der Waals surface area contributed by atoms with E-state index in [2.05, 4.69) is 10.6 Å². The first kappa shape index (κ1) is 36.8. The second-order valence-corrected chi connectivity index (χ2v) is 12.8. The predicted octanol–water partition coefficient (Wildman–Crippen LogP) is 6.91. The van der Waals surface area contributed by atoms with Crippen molar-refractivity contribution in [2.45, 2.75) is 43.9 Å². The van der Waals surface area contributed by atoms with Gasteiger partial charge in [0.15, 0.2) is 0 Å². The highest BCUT2D eigenvalue weighted by atomic mass is 32.2. The lowest BCUT2D eigenvalue weighted by molar-refractivity contribution is -0.384. The molecule has 0 fully saturated rings. The lowest BCUT2D eigenvalue weighted by Crippen LogP contribution is -2.31. The maximum Gasteiger partial charge on any atom is 0.303 e. The first-order chi connectivity index (χ1) is 23.9. The summed E-state index contributed by atoms with van der Waals surface area (Å²) in [5, 5.41) is 26.2. The molecule has 2 amide bonds. The van der Waals surface area contributed by atoms with E-state index >= 15 is 0 Å². The molecule has 0 bridgehead atoms. The van der Waals surface area contributed by atoms with Gasteiger partial charge in [-0.05, 0) is 73.4 Å². The van der Waals surface area contributed by atoms with E-state index in [4.69, 9.17) is 9.84 Å². The van der Waals surface area contributed by atoms with Gasteiger partial charge in [0.25, 0.3) is 21.6 Å². The molecule has 14 heteroatoms. The van der Waals surface area contributed by atoms with Crippen LogP contribution in [0.2, 0.25) is 0 Å². The van der Waals surface area contributed by atoms with Gasteiger partial charge < -0.3 is 20.5 Å². The number of benzene rings is 4. The number of hydrogen-bond donors (Lipinski definition) is 4. The van der Waals surface area contributed by atoms with Crippen LogP contribution in [0.4, 0.5) is 17.1 Å². The number of rotatable bonds is 17. The molecule has 0 aliphatic rings. The fourth-order valence-corrected chi connectivity index (χ4v) is 5.79. The third kappa shape index (κ3) is 10.8. The summed E-state index contributed by atoms with van der Waals surface area (Å²) >= 11 is 0. The molecule has 4 aromatic carbocycles. The molecule has 0 radical (unpaired) electrons. The number of sulfonamides is 1. The van der Waals surface area contributed by atoms with Crippen LogP contribution in [0, 0.1) is 17.0 Å². The summed E-state index contributed by atoms with van der Waals surface area (Å²) in [4.78, 5) is 47.3. The lowest BCUT2D eigenvalue weighted by Gasteiger charge is -2.14. The summed E-state index contributed by atoms with van der Waals surface area (Å²) in [6.45, 7) is 2.27. The van der Waals surface area contributed by atoms with Gasteiger partial charge in [0.2, 0.25) is 5.91 Å². The van der Waals surface area contributed by atoms with Crippen LogP contribution in [-0.2, 0) is 19.6 Å². The van der Waals surface area contributed by atoms with Crippen LogP contribution in [0.15, 0.2) is 102 Å². The van der Waals surface area contributed by atoms with Crippen LogP contribution in [0.25, 0.3) is 6.08 Å². The molecule has 0 aliphatic carbocycles. The van der Waals surface area contributed by atoms with Crippen molar-refractivity contribution in [3.63, 3.8) is 0 Å². The number of carboxylic acid groups (broad SMARTS) is 1. The van der Waals surface area contributed by atoms with E-state index in [-0.39, 0.29) is 29.1 Å². The zero-order valence-electron chi connectivity index (χ0n) is 27.1. The van der Waals surface area contributed by atoms with Crippen LogP contribution in [-0.4, -0.2) is 42.8 Å². The normalized spacial score (nSPS) is 11.1. The summed E-state index contributed by atoms with van der Waals surface area (Å²) in [6, 6.07) is 23.3. The monoisotopic (exact) mass is 700 g/mol. The number of hydrogen-bond acceptors (Lipinski definition) is 9. The Hall–Kier alpha value is -6.02. The van der Waals surface area contributed by atoms with Gasteiger partial charge >= 0.3 is 5.97 Å². The number of ether oxygens (including phenoxy) is 1. The molecule has 0 unspecified atom stereocenters. The molecular weight excluding hydrogens is 664 g/mol. The molecule has 4 N–H and O–H groups in total. The van der Waals surface area contributed by atoms with E-state index in [1.165, 1.54) is 30.3 Å². The van der Waals surface area contributed by atoms with Gasteiger partial charge in [0, 0.05) is 36.9 Å². The molecular formula is C36H36N4O9S. The molecule has 0 spiro atoms. The Labute approximate surface area is 289 Å². The van der Waals surface area contributed by atoms with Crippen LogP contribution >= 0.6 is 0 Å². The molecule has 0 aliphatic heterocycles. The van der Waals surface area contributed by atoms with Crippen LogP contribution < -0.4 is 20.1 Å². The highest BCUT2D eigenvalue weighted by Gasteiger charge is 2.25. The van der Waals surface area contributed by atoms with Gasteiger partial charge in [0.05, 0.1) is 15.4 Å². The van der Waals surface area contributed by atoms with E-state index in [0.29, 0.717) is 38.0 Å². The summed E-state index contributed by atoms with van der Waals surface area (Å²) in [5.74, 6) is -2.10. The molecule has 0 saturated heterocycles. The number of anilines is 2. The van der Waals surface area contributed by atoms with Crippen molar-refractivity contribution in [3.8, 4) is 11.5 Å². The smallest absolute Gasteiger partial charge is 0.303 e. The Morgan fingerprint density at radius 2 is 1.62 bits per heavy atom. The molecule has 4 rings (SSSR count). The zero-order valence-corrected chi connectivity index (χ0v) is 27.9. The Bertz CT molecular complexity index is 2000. The number of aliphatic carboxylic acids is 1. The quantitative estimate of drug-likeness (QED) is 0.0389. The standard InChI is InChI=1S/C36H36N4O9S/c1-25-11-8-9-12-26(25)16-21-34(41)38-27-17-19-30(33(23-27)49-28-13-5-4-6-14-28)36(44)39-50(47,48)29-18-20-31(32(24-29)40(45)46)37-22-10-3-2-7-15-35(42)43/h4-6,8-9,11-14,16-21,23-24,37H,2-3,7,10,15,22H2,1H3,(H,38,41)(H,39,44)(H,42,43). The average molecular weight is 701 g/mol. The van der Waals surface area contributed by atoms with E-state index < -0.39 is 43.3 Å². The van der Waals surface area contributed by atoms with Crippen molar-refractivity contribution < 1.29 is 37.6 Å². The zero-order chi connectivity index (χ0) is 36.1. The average Bonchev–Trinajstić information content (AvgIpc) is 3.07. The first-order valence-corrected chi connectivity index (χ1v) is 17.1. The van der Waals surface area contributed by atoms with E-state index in [9.17, 15) is 32.9 Å². The van der Waals surface area contributed by atoms with Crippen LogP contribution in [0.5, 0.6) is 11.5 Å². The number of carbonyl (C=O) groups excluding carboxylic acids is 2. The summed E-state index contributed by atoms with van der Waals surface area (Å²) < 4.78 is 34.4. The maximum atomic E-state index is 13.4. The van der Waals surface area contributed by atoms with E-state index in [1.807, 2.05) is 35.9 Å². The number of carboxylic acids is 1. The summed E-state index contributed by atoms with van der Waals surface area (Å²) in [5.41, 5.74) is 1.53. The third-order valence-electron chi connectivity index (χ3n) is 7.40.